The van der Waals surface area contributed by atoms with E-state index in [4.69, 9.17) is 15.2 Å². The normalized spacial score (nSPS) is 14.4. The average molecular weight is 486 g/mol. The molecule has 1 heterocycles. The second kappa shape index (κ2) is 10.9. The van der Waals surface area contributed by atoms with E-state index >= 15 is 0 Å². The summed E-state index contributed by atoms with van der Waals surface area (Å²) in [5, 5.41) is 6.23. The van der Waals surface area contributed by atoms with Crippen LogP contribution in [0.25, 0.3) is 11.3 Å². The number of carbonyl (C=O) groups is 3. The minimum atomic E-state index is -0.485. The van der Waals surface area contributed by atoms with Crippen molar-refractivity contribution in [2.45, 2.75) is 19.4 Å². The van der Waals surface area contributed by atoms with Crippen molar-refractivity contribution < 1.29 is 23.9 Å². The highest BCUT2D eigenvalue weighted by atomic mass is 16.5. The summed E-state index contributed by atoms with van der Waals surface area (Å²) in [4.78, 5) is 36.8. The van der Waals surface area contributed by atoms with E-state index in [0.29, 0.717) is 34.7 Å². The van der Waals surface area contributed by atoms with E-state index in [2.05, 4.69) is 10.6 Å². The van der Waals surface area contributed by atoms with Crippen molar-refractivity contribution in [1.29, 1.82) is 0 Å². The van der Waals surface area contributed by atoms with Gasteiger partial charge in [0.2, 0.25) is 0 Å². The van der Waals surface area contributed by atoms with Gasteiger partial charge >= 0.3 is 11.9 Å². The first-order chi connectivity index (χ1) is 17.4. The Balaban J connectivity index is 1.69. The number of nitrogens with two attached hydrogens (primary N) is 1. The molecule has 1 amide bonds. The van der Waals surface area contributed by atoms with Crippen molar-refractivity contribution >= 4 is 40.5 Å². The maximum atomic E-state index is 13.1. The fourth-order valence-electron chi connectivity index (χ4n) is 4.02. The van der Waals surface area contributed by atoms with Gasteiger partial charge in [-0.05, 0) is 42.3 Å². The minimum absolute atomic E-state index is 0.0877. The van der Waals surface area contributed by atoms with E-state index < -0.39 is 12.0 Å². The zero-order valence-corrected chi connectivity index (χ0v) is 20.0. The largest absolute Gasteiger partial charge is 0.466 e. The average Bonchev–Trinajstić information content (AvgIpc) is 3.22. The molecule has 184 valence electrons. The summed E-state index contributed by atoms with van der Waals surface area (Å²) in [6.07, 6.45) is 0.0877. The van der Waals surface area contributed by atoms with Crippen molar-refractivity contribution in [3.63, 3.8) is 0 Å². The lowest BCUT2D eigenvalue weighted by Crippen LogP contribution is -2.17. The standard InChI is InChI=1S/C28H27N3O5/c1-3-36-24(32)16-22(29)17-9-12-20(13-10-17)30-26(18-7-5-4-6-8-18)25-21-14-11-19(28(34)35-2)15-23(21)31-27(25)33/h4-15,22,30H,3,16,29H2,1-2H3,(H,31,33). The molecular formula is C28H27N3O5. The molecule has 0 aliphatic carbocycles. The van der Waals surface area contributed by atoms with E-state index in [0.717, 1.165) is 16.8 Å². The molecule has 0 radical (unpaired) electrons. The number of hydrogen-bond donors (Lipinski definition) is 3. The highest BCUT2D eigenvalue weighted by Gasteiger charge is 2.29. The van der Waals surface area contributed by atoms with Crippen molar-refractivity contribution in [2.24, 2.45) is 5.73 Å². The van der Waals surface area contributed by atoms with Gasteiger partial charge in [-0.1, -0.05) is 48.5 Å². The summed E-state index contributed by atoms with van der Waals surface area (Å²) in [7, 11) is 1.31. The lowest BCUT2D eigenvalue weighted by Gasteiger charge is -2.16. The Hall–Kier alpha value is -4.43. The summed E-state index contributed by atoms with van der Waals surface area (Å²) in [6, 6.07) is 21.4. The number of amides is 1. The first kappa shape index (κ1) is 24.7. The number of benzene rings is 3. The second-order valence-corrected chi connectivity index (χ2v) is 8.18. The topological polar surface area (TPSA) is 120 Å². The third-order valence-corrected chi connectivity index (χ3v) is 5.80. The van der Waals surface area contributed by atoms with Crippen LogP contribution in [0.2, 0.25) is 0 Å². The van der Waals surface area contributed by atoms with Crippen LogP contribution in [0.4, 0.5) is 11.4 Å². The number of rotatable bonds is 8. The Morgan fingerprint density at radius 1 is 1.00 bits per heavy atom. The van der Waals surface area contributed by atoms with Crippen molar-refractivity contribution in [2.75, 3.05) is 24.4 Å². The number of esters is 2. The van der Waals surface area contributed by atoms with Gasteiger partial charge in [-0.2, -0.15) is 0 Å². The molecule has 4 N–H and O–H groups in total. The van der Waals surface area contributed by atoms with Crippen LogP contribution >= 0.6 is 0 Å². The van der Waals surface area contributed by atoms with Crippen molar-refractivity contribution in [1.82, 2.24) is 0 Å². The summed E-state index contributed by atoms with van der Waals surface area (Å²) < 4.78 is 9.78. The van der Waals surface area contributed by atoms with Crippen LogP contribution < -0.4 is 16.4 Å². The Morgan fingerprint density at radius 2 is 1.72 bits per heavy atom. The summed E-state index contributed by atoms with van der Waals surface area (Å²) in [5.41, 5.74) is 11.1. The van der Waals surface area contributed by atoms with E-state index in [9.17, 15) is 14.4 Å². The number of carbonyl (C=O) groups excluding carboxylic acids is 3. The fraction of sp³-hybridized carbons (Fsp3) is 0.179. The highest BCUT2D eigenvalue weighted by Crippen LogP contribution is 2.38. The van der Waals surface area contributed by atoms with Gasteiger partial charge in [0, 0.05) is 17.3 Å². The lowest BCUT2D eigenvalue weighted by molar-refractivity contribution is -0.143. The Morgan fingerprint density at radius 3 is 2.39 bits per heavy atom. The monoisotopic (exact) mass is 485 g/mol. The van der Waals surface area contributed by atoms with Gasteiger partial charge in [-0.3, -0.25) is 9.59 Å². The van der Waals surface area contributed by atoms with Gasteiger partial charge < -0.3 is 25.8 Å². The molecule has 1 atom stereocenters. The zero-order valence-electron chi connectivity index (χ0n) is 20.0. The zero-order chi connectivity index (χ0) is 25.7. The molecule has 8 heteroatoms. The second-order valence-electron chi connectivity index (χ2n) is 8.18. The molecule has 0 saturated heterocycles. The van der Waals surface area contributed by atoms with E-state index in [-0.39, 0.29) is 18.3 Å². The molecule has 0 spiro atoms. The van der Waals surface area contributed by atoms with Crippen LogP contribution in [-0.4, -0.2) is 31.6 Å². The van der Waals surface area contributed by atoms with E-state index in [1.807, 2.05) is 54.6 Å². The number of methoxy groups -OCH3 is 1. The highest BCUT2D eigenvalue weighted by molar-refractivity contribution is 6.37. The van der Waals surface area contributed by atoms with Crippen LogP contribution in [0.15, 0.2) is 72.8 Å². The summed E-state index contributed by atoms with van der Waals surface area (Å²) in [6.45, 7) is 2.07. The van der Waals surface area contributed by atoms with Gasteiger partial charge in [0.15, 0.2) is 0 Å². The van der Waals surface area contributed by atoms with Gasteiger partial charge in [0.25, 0.3) is 5.91 Å². The van der Waals surface area contributed by atoms with Gasteiger partial charge in [0.05, 0.1) is 42.7 Å². The maximum absolute atomic E-state index is 13.1. The van der Waals surface area contributed by atoms with Crippen LogP contribution in [0.3, 0.4) is 0 Å². The lowest BCUT2D eigenvalue weighted by atomic mass is 9.98. The number of fused-ring (bicyclic) bond motifs is 1. The van der Waals surface area contributed by atoms with E-state index in [1.165, 1.54) is 7.11 Å². The quantitative estimate of drug-likeness (QED) is 0.320. The van der Waals surface area contributed by atoms with Gasteiger partial charge in [0.1, 0.15) is 0 Å². The number of nitrogens with one attached hydrogen (secondary N) is 2. The summed E-state index contributed by atoms with van der Waals surface area (Å²) >= 11 is 0. The molecule has 8 nitrogen and oxygen atoms in total. The van der Waals surface area contributed by atoms with Crippen molar-refractivity contribution in [3.05, 3.63) is 95.1 Å². The summed E-state index contributed by atoms with van der Waals surface area (Å²) in [5.74, 6) is -1.11. The molecule has 36 heavy (non-hydrogen) atoms. The molecule has 1 unspecified atom stereocenters. The van der Waals surface area contributed by atoms with Gasteiger partial charge in [-0.15, -0.1) is 0 Å². The van der Waals surface area contributed by atoms with E-state index in [1.54, 1.807) is 25.1 Å². The number of ether oxygens (including phenoxy) is 2. The van der Waals surface area contributed by atoms with Crippen LogP contribution in [0, 0.1) is 0 Å². The molecule has 0 saturated carbocycles. The smallest absolute Gasteiger partial charge is 0.337 e. The molecular weight excluding hydrogens is 458 g/mol. The first-order valence-electron chi connectivity index (χ1n) is 11.5. The molecule has 0 aromatic heterocycles. The van der Waals surface area contributed by atoms with Crippen LogP contribution in [0.1, 0.15) is 46.4 Å². The minimum Gasteiger partial charge on any atom is -0.466 e. The number of anilines is 2. The number of hydrogen-bond acceptors (Lipinski definition) is 7. The van der Waals surface area contributed by atoms with Crippen LogP contribution in [0.5, 0.6) is 0 Å². The predicted octanol–water partition coefficient (Wildman–Crippen LogP) is 4.36. The Kier molecular flexibility index (Phi) is 7.46. The molecule has 0 fully saturated rings. The molecule has 0 bridgehead atoms. The predicted molar refractivity (Wildman–Crippen MR) is 138 cm³/mol. The third kappa shape index (κ3) is 5.29. The molecule has 3 aromatic carbocycles. The van der Waals surface area contributed by atoms with Crippen LogP contribution in [-0.2, 0) is 19.1 Å². The Labute approximate surface area is 209 Å². The third-order valence-electron chi connectivity index (χ3n) is 5.80. The Bertz CT molecular complexity index is 1320. The fourth-order valence-corrected chi connectivity index (χ4v) is 4.02. The molecule has 1 aliphatic rings. The molecule has 4 rings (SSSR count). The first-order valence-corrected chi connectivity index (χ1v) is 11.5. The van der Waals surface area contributed by atoms with Crippen molar-refractivity contribution in [3.8, 4) is 0 Å². The SMILES string of the molecule is CCOC(=O)CC(N)c1ccc(NC(=C2C(=O)Nc3cc(C(=O)OC)ccc32)c2ccccc2)cc1. The molecule has 3 aromatic rings. The molecule has 1 aliphatic heterocycles. The van der Waals surface area contributed by atoms with Gasteiger partial charge in [-0.25, -0.2) is 4.79 Å². The maximum Gasteiger partial charge on any atom is 0.337 e.